The highest BCUT2D eigenvalue weighted by molar-refractivity contribution is 5.97. The molecule has 4 rings (SSSR count). The van der Waals surface area contributed by atoms with Gasteiger partial charge in [0, 0.05) is 28.5 Å². The molecule has 2 heteroatoms. The van der Waals surface area contributed by atoms with Crippen molar-refractivity contribution in [2.75, 3.05) is 0 Å². The summed E-state index contributed by atoms with van der Waals surface area (Å²) >= 11 is 0. The average molecular weight is 312 g/mol. The third kappa shape index (κ3) is 2.45. The summed E-state index contributed by atoms with van der Waals surface area (Å²) in [7, 11) is 0. The van der Waals surface area contributed by atoms with Gasteiger partial charge in [0.2, 0.25) is 0 Å². The lowest BCUT2D eigenvalue weighted by molar-refractivity contribution is 0.899. The van der Waals surface area contributed by atoms with E-state index in [2.05, 4.69) is 92.1 Å². The van der Waals surface area contributed by atoms with E-state index in [1.165, 1.54) is 27.9 Å². The van der Waals surface area contributed by atoms with Gasteiger partial charge in [-0.15, -0.1) is 12.8 Å². The third-order valence-electron chi connectivity index (χ3n) is 4.35. The van der Waals surface area contributed by atoms with Crippen molar-refractivity contribution in [2.45, 2.75) is 20.3 Å². The number of aryl methyl sites for hydroxylation is 1. The number of nitrogens with zero attached hydrogens (tertiary/aromatic N) is 2. The molecule has 0 atom stereocenters. The zero-order valence-corrected chi connectivity index (χ0v) is 14.0. The molecule has 0 aliphatic carbocycles. The normalized spacial score (nSPS) is 10.5. The Morgan fingerprint density at radius 2 is 1.67 bits per heavy atom. The fourth-order valence-corrected chi connectivity index (χ4v) is 3.25. The molecule has 0 fully saturated rings. The Morgan fingerprint density at radius 1 is 0.958 bits per heavy atom. The summed E-state index contributed by atoms with van der Waals surface area (Å²) in [5, 5.41) is 1.24. The molecular formula is C22H20N2. The summed E-state index contributed by atoms with van der Waals surface area (Å²) in [6.45, 7) is 4.35. The molecule has 0 saturated carbocycles. The number of para-hydroxylation sites is 2. The van der Waals surface area contributed by atoms with Crippen molar-refractivity contribution in [2.24, 2.45) is 0 Å². The van der Waals surface area contributed by atoms with E-state index in [9.17, 15) is 0 Å². The number of fused-ring (bicyclic) bond motifs is 3. The van der Waals surface area contributed by atoms with E-state index in [1.807, 2.05) is 0 Å². The van der Waals surface area contributed by atoms with E-state index < -0.39 is 0 Å². The second-order valence-electron chi connectivity index (χ2n) is 5.66. The highest BCUT2D eigenvalue weighted by atomic mass is 15.0. The highest BCUT2D eigenvalue weighted by Gasteiger charge is 2.18. The van der Waals surface area contributed by atoms with Crippen molar-refractivity contribution in [1.29, 1.82) is 0 Å². The lowest BCUT2D eigenvalue weighted by Gasteiger charge is -2.17. The third-order valence-corrected chi connectivity index (χ3v) is 4.35. The first-order chi connectivity index (χ1) is 11.8. The summed E-state index contributed by atoms with van der Waals surface area (Å²) in [5.74, 6) is 0. The van der Waals surface area contributed by atoms with Gasteiger partial charge in [-0.25, -0.2) is 4.98 Å². The molecule has 0 aromatic heterocycles. The van der Waals surface area contributed by atoms with Gasteiger partial charge in [-0.2, -0.15) is 0 Å². The van der Waals surface area contributed by atoms with Crippen LogP contribution in [0, 0.1) is 19.8 Å². The molecule has 2 heterocycles. The molecule has 0 N–H and O–H groups in total. The lowest BCUT2D eigenvalue weighted by atomic mass is 10.0. The Morgan fingerprint density at radius 3 is 2.42 bits per heavy atom. The van der Waals surface area contributed by atoms with Crippen LogP contribution in [0.1, 0.15) is 18.2 Å². The molecular weight excluding hydrogens is 292 g/mol. The first-order valence-electron chi connectivity index (χ1n) is 8.07. The van der Waals surface area contributed by atoms with Crippen molar-refractivity contribution >= 4 is 10.9 Å². The minimum Gasteiger partial charge on any atom is -0.318 e. The largest absolute Gasteiger partial charge is 0.318 e. The summed E-state index contributed by atoms with van der Waals surface area (Å²) < 4.78 is 2.28. The Bertz CT molecular complexity index is 976. The number of terminal acetylenes is 1. The Kier molecular flexibility index (Phi) is 4.35. The second-order valence-corrected chi connectivity index (χ2v) is 5.66. The number of hydrogen-bond donors (Lipinski definition) is 0. The van der Waals surface area contributed by atoms with Crippen LogP contribution >= 0.6 is 0 Å². The summed E-state index contributed by atoms with van der Waals surface area (Å²) in [6.07, 6.45) is 11.1. The van der Waals surface area contributed by atoms with Crippen LogP contribution in [0.2, 0.25) is 0 Å². The predicted octanol–water partition coefficient (Wildman–Crippen LogP) is 5.25. The quantitative estimate of drug-likeness (QED) is 0.462. The maximum absolute atomic E-state index is 4.88. The van der Waals surface area contributed by atoms with Crippen LogP contribution in [0.25, 0.3) is 27.8 Å². The average Bonchev–Trinajstić information content (AvgIpc) is 3.02. The van der Waals surface area contributed by atoms with Crippen molar-refractivity contribution in [1.82, 2.24) is 9.55 Å². The van der Waals surface area contributed by atoms with Gasteiger partial charge in [0.25, 0.3) is 0 Å². The molecule has 0 unspecified atom stereocenters. The molecule has 0 radical (unpaired) electrons. The molecule has 0 bridgehead atoms. The second kappa shape index (κ2) is 6.60. The van der Waals surface area contributed by atoms with Crippen molar-refractivity contribution in [3.8, 4) is 29.8 Å². The molecule has 2 aromatic carbocycles. The minimum absolute atomic E-state index is 0.953. The smallest absolute Gasteiger partial charge is 0.0914 e. The summed E-state index contributed by atoms with van der Waals surface area (Å²) in [4.78, 5) is 4.88. The van der Waals surface area contributed by atoms with Gasteiger partial charge in [-0.05, 0) is 37.1 Å². The van der Waals surface area contributed by atoms with Crippen LogP contribution in [-0.4, -0.2) is 9.55 Å². The van der Waals surface area contributed by atoms with Crippen LogP contribution in [0.4, 0.5) is 0 Å². The predicted molar refractivity (Wildman–Crippen MR) is 102 cm³/mol. The van der Waals surface area contributed by atoms with E-state index in [4.69, 9.17) is 4.98 Å². The van der Waals surface area contributed by atoms with E-state index >= 15 is 0 Å². The Hall–Kier alpha value is -3.05. The lowest BCUT2D eigenvalue weighted by Crippen LogP contribution is -2.06. The van der Waals surface area contributed by atoms with E-state index in [1.54, 1.807) is 0 Å². The fraction of sp³-hybridized carbons (Fsp3) is 0.136. The zero-order valence-electron chi connectivity index (χ0n) is 14.0. The molecule has 118 valence electrons. The summed E-state index contributed by atoms with van der Waals surface area (Å²) in [5.41, 5.74) is 7.22. The number of benzene rings is 2. The standard InChI is InChI=1S/C20H18N2.C2H2/c1-3-18-20-16(15-9-5-6-10-17(15)21-20)12-13-22(18)19-11-7-4-8-14(19)2;1-2/h4-13H,3H2,1-2H3;1-2H. The highest BCUT2D eigenvalue weighted by Crippen LogP contribution is 2.34. The van der Waals surface area contributed by atoms with Gasteiger partial charge in [0.1, 0.15) is 0 Å². The Labute approximate surface area is 143 Å². The SMILES string of the molecule is C#C.CCc1c2nc3ccccc3c-2ccn1-c1ccccc1C. The van der Waals surface area contributed by atoms with Crippen LogP contribution in [0.3, 0.4) is 0 Å². The van der Waals surface area contributed by atoms with Gasteiger partial charge in [-0.3, -0.25) is 0 Å². The summed E-state index contributed by atoms with van der Waals surface area (Å²) in [6, 6.07) is 19.1. The first-order valence-corrected chi connectivity index (χ1v) is 8.07. The van der Waals surface area contributed by atoms with Crippen molar-refractivity contribution in [3.05, 3.63) is 72.1 Å². The number of pyridine rings is 1. The molecule has 2 aliphatic rings. The van der Waals surface area contributed by atoms with Gasteiger partial charge < -0.3 is 4.57 Å². The van der Waals surface area contributed by atoms with Gasteiger partial charge >= 0.3 is 0 Å². The monoisotopic (exact) mass is 312 g/mol. The topological polar surface area (TPSA) is 17.8 Å². The van der Waals surface area contributed by atoms with Crippen LogP contribution in [-0.2, 0) is 6.42 Å². The molecule has 2 aliphatic heterocycles. The van der Waals surface area contributed by atoms with Gasteiger partial charge in [0.05, 0.1) is 11.2 Å². The molecule has 0 amide bonds. The van der Waals surface area contributed by atoms with Crippen LogP contribution in [0.15, 0.2) is 60.8 Å². The van der Waals surface area contributed by atoms with Gasteiger partial charge in [0.15, 0.2) is 0 Å². The van der Waals surface area contributed by atoms with Gasteiger partial charge in [-0.1, -0.05) is 43.3 Å². The Balaban J connectivity index is 0.000000815. The number of rotatable bonds is 2. The van der Waals surface area contributed by atoms with Crippen molar-refractivity contribution in [3.63, 3.8) is 0 Å². The zero-order chi connectivity index (χ0) is 17.1. The molecule has 0 saturated heterocycles. The van der Waals surface area contributed by atoms with Crippen molar-refractivity contribution < 1.29 is 0 Å². The van der Waals surface area contributed by atoms with Crippen LogP contribution < -0.4 is 0 Å². The molecule has 2 aromatic rings. The molecule has 2 nitrogen and oxygen atoms in total. The first kappa shape index (κ1) is 15.8. The maximum Gasteiger partial charge on any atom is 0.0914 e. The van der Waals surface area contributed by atoms with Crippen LogP contribution in [0.5, 0.6) is 0 Å². The number of aromatic nitrogens is 2. The van der Waals surface area contributed by atoms with E-state index in [-0.39, 0.29) is 0 Å². The minimum atomic E-state index is 0.953. The maximum atomic E-state index is 4.88. The van der Waals surface area contributed by atoms with E-state index in [0.717, 1.165) is 17.6 Å². The fourth-order valence-electron chi connectivity index (χ4n) is 3.25. The molecule has 24 heavy (non-hydrogen) atoms. The number of hydrogen-bond acceptors (Lipinski definition) is 1. The molecule has 0 spiro atoms. The van der Waals surface area contributed by atoms with E-state index in [0.29, 0.717) is 0 Å².